The highest BCUT2D eigenvalue weighted by atomic mass is 15.1. The molecular weight excluding hydrogens is 619 g/mol. The average molecular weight is 650 g/mol. The summed E-state index contributed by atoms with van der Waals surface area (Å²) >= 11 is 0. The number of rotatable bonds is 5. The molecule has 0 amide bonds. The summed E-state index contributed by atoms with van der Waals surface area (Å²) in [6, 6.07) is 66.7. The van der Waals surface area contributed by atoms with E-state index in [0.717, 1.165) is 66.8 Å². The number of fused-ring (bicyclic) bond motifs is 8. The second-order valence-electron chi connectivity index (χ2n) is 13.0. The van der Waals surface area contributed by atoms with Gasteiger partial charge in [0.25, 0.3) is 0 Å². The Morgan fingerprint density at radius 2 is 0.922 bits per heavy atom. The van der Waals surface area contributed by atoms with E-state index in [-0.39, 0.29) is 0 Å². The first kappa shape index (κ1) is 29.1. The Kier molecular flexibility index (Phi) is 6.81. The summed E-state index contributed by atoms with van der Waals surface area (Å²) in [6.07, 6.45) is 0. The molecule has 3 heteroatoms. The van der Waals surface area contributed by atoms with Crippen LogP contribution in [0, 0.1) is 0 Å². The van der Waals surface area contributed by atoms with Crippen molar-refractivity contribution in [3.63, 3.8) is 0 Å². The molecular formula is C48H31N3. The molecule has 0 aliphatic carbocycles. The van der Waals surface area contributed by atoms with Gasteiger partial charge in [0.2, 0.25) is 0 Å². The fraction of sp³-hybridized carbons (Fsp3) is 0. The van der Waals surface area contributed by atoms with Crippen molar-refractivity contribution in [2.24, 2.45) is 0 Å². The van der Waals surface area contributed by atoms with Crippen molar-refractivity contribution < 1.29 is 0 Å². The minimum absolute atomic E-state index is 0.966. The zero-order valence-corrected chi connectivity index (χ0v) is 27.7. The summed E-state index contributed by atoms with van der Waals surface area (Å²) in [5.41, 5.74) is 9.44. The fourth-order valence-electron chi connectivity index (χ4n) is 7.54. The lowest BCUT2D eigenvalue weighted by molar-refractivity contribution is 1.28. The molecule has 0 N–H and O–H groups in total. The highest BCUT2D eigenvalue weighted by Gasteiger charge is 2.16. The van der Waals surface area contributed by atoms with Crippen LogP contribution < -0.4 is 4.90 Å². The fourth-order valence-corrected chi connectivity index (χ4v) is 7.54. The van der Waals surface area contributed by atoms with E-state index >= 15 is 0 Å². The van der Waals surface area contributed by atoms with E-state index in [0.29, 0.717) is 0 Å². The van der Waals surface area contributed by atoms with Gasteiger partial charge in [0.15, 0.2) is 0 Å². The summed E-state index contributed by atoms with van der Waals surface area (Å²) in [4.78, 5) is 12.8. The van der Waals surface area contributed by atoms with Crippen LogP contribution >= 0.6 is 0 Å². The van der Waals surface area contributed by atoms with Crippen LogP contribution in [-0.4, -0.2) is 9.97 Å². The van der Waals surface area contributed by atoms with Crippen molar-refractivity contribution in [1.29, 1.82) is 0 Å². The van der Waals surface area contributed by atoms with Crippen molar-refractivity contribution in [2.45, 2.75) is 0 Å². The van der Waals surface area contributed by atoms with Gasteiger partial charge in [-0.1, -0.05) is 133 Å². The topological polar surface area (TPSA) is 29.0 Å². The van der Waals surface area contributed by atoms with Gasteiger partial charge >= 0.3 is 0 Å². The molecule has 0 saturated carbocycles. The van der Waals surface area contributed by atoms with E-state index < -0.39 is 0 Å². The van der Waals surface area contributed by atoms with Gasteiger partial charge in [0, 0.05) is 55.1 Å². The standard InChI is InChI=1S/C48H31N3/c1-3-12-37(13-4-1)51(38-14-5-2-6-15-38)39-27-23-35(24-28-39)48-42-29-25-33-20-22-36(31-43(33)46(42)41-17-9-10-18-45(41)50-48)44-30-26-34-21-19-32-11-7-8-16-40(32)47(34)49-44/h1-31H. The van der Waals surface area contributed by atoms with Crippen molar-refractivity contribution >= 4 is 71.2 Å². The number of hydrogen-bond acceptors (Lipinski definition) is 3. The van der Waals surface area contributed by atoms with Crippen LogP contribution in [0.3, 0.4) is 0 Å². The molecule has 2 aromatic heterocycles. The highest BCUT2D eigenvalue weighted by molar-refractivity contribution is 6.23. The average Bonchev–Trinajstić information content (AvgIpc) is 3.21. The van der Waals surface area contributed by atoms with Crippen molar-refractivity contribution in [3.05, 3.63) is 188 Å². The molecule has 0 atom stereocenters. The van der Waals surface area contributed by atoms with E-state index in [1.165, 1.54) is 26.9 Å². The van der Waals surface area contributed by atoms with E-state index in [1.807, 2.05) is 0 Å². The quantitative estimate of drug-likeness (QED) is 0.174. The van der Waals surface area contributed by atoms with Crippen LogP contribution in [0.25, 0.3) is 76.6 Å². The van der Waals surface area contributed by atoms with E-state index in [1.54, 1.807) is 0 Å². The van der Waals surface area contributed by atoms with Crippen molar-refractivity contribution in [3.8, 4) is 22.5 Å². The molecule has 0 aliphatic rings. The van der Waals surface area contributed by atoms with E-state index in [2.05, 4.69) is 193 Å². The molecule has 2 heterocycles. The van der Waals surface area contributed by atoms with Gasteiger partial charge in [-0.15, -0.1) is 0 Å². The van der Waals surface area contributed by atoms with Gasteiger partial charge in [-0.05, 0) is 70.8 Å². The Labute approximate surface area is 295 Å². The van der Waals surface area contributed by atoms with Crippen LogP contribution in [-0.2, 0) is 0 Å². The summed E-state index contributed by atoms with van der Waals surface area (Å²) in [6.45, 7) is 0. The van der Waals surface area contributed by atoms with Crippen molar-refractivity contribution in [1.82, 2.24) is 9.97 Å². The zero-order chi connectivity index (χ0) is 33.7. The summed E-state index contributed by atoms with van der Waals surface area (Å²) in [7, 11) is 0. The summed E-state index contributed by atoms with van der Waals surface area (Å²) in [5, 5.41) is 9.39. The second kappa shape index (κ2) is 11.9. The summed E-state index contributed by atoms with van der Waals surface area (Å²) in [5.74, 6) is 0. The van der Waals surface area contributed by atoms with Gasteiger partial charge in [-0.2, -0.15) is 0 Å². The molecule has 0 aliphatic heterocycles. The monoisotopic (exact) mass is 649 g/mol. The molecule has 10 rings (SSSR count). The number of benzene rings is 8. The Bertz CT molecular complexity index is 2860. The van der Waals surface area contributed by atoms with E-state index in [9.17, 15) is 0 Å². The van der Waals surface area contributed by atoms with Crippen LogP contribution in [0.4, 0.5) is 17.1 Å². The third-order valence-corrected chi connectivity index (χ3v) is 9.99. The smallest absolute Gasteiger partial charge is 0.0788 e. The molecule has 238 valence electrons. The first-order valence-corrected chi connectivity index (χ1v) is 17.3. The molecule has 0 spiro atoms. The Morgan fingerprint density at radius 3 is 1.71 bits per heavy atom. The minimum atomic E-state index is 0.966. The number of anilines is 3. The maximum Gasteiger partial charge on any atom is 0.0788 e. The van der Waals surface area contributed by atoms with Gasteiger partial charge in [-0.3, -0.25) is 0 Å². The lowest BCUT2D eigenvalue weighted by Gasteiger charge is -2.25. The number of pyridine rings is 2. The maximum atomic E-state index is 5.29. The Morgan fingerprint density at radius 1 is 0.353 bits per heavy atom. The molecule has 0 saturated heterocycles. The van der Waals surface area contributed by atoms with Crippen LogP contribution in [0.5, 0.6) is 0 Å². The third-order valence-electron chi connectivity index (χ3n) is 9.99. The minimum Gasteiger partial charge on any atom is -0.311 e. The number of para-hydroxylation sites is 3. The molecule has 51 heavy (non-hydrogen) atoms. The van der Waals surface area contributed by atoms with Gasteiger partial charge in [-0.25, -0.2) is 9.97 Å². The number of hydrogen-bond donors (Lipinski definition) is 0. The SMILES string of the molecule is c1ccc(N(c2ccccc2)c2ccc(-c3nc4ccccc4c4c3ccc3ccc(-c5ccc6ccc7ccccc7c6n5)cc34)cc2)cc1. The lowest BCUT2D eigenvalue weighted by Crippen LogP contribution is -2.09. The van der Waals surface area contributed by atoms with Gasteiger partial charge in [0.05, 0.1) is 22.4 Å². The second-order valence-corrected chi connectivity index (χ2v) is 13.0. The molecule has 10 aromatic rings. The van der Waals surface area contributed by atoms with Gasteiger partial charge in [0.1, 0.15) is 0 Å². The number of aromatic nitrogens is 2. The lowest BCUT2D eigenvalue weighted by atomic mass is 9.93. The predicted molar refractivity (Wildman–Crippen MR) is 215 cm³/mol. The molecule has 3 nitrogen and oxygen atoms in total. The predicted octanol–water partition coefficient (Wildman–Crippen LogP) is 13.0. The van der Waals surface area contributed by atoms with Crippen LogP contribution in [0.1, 0.15) is 0 Å². The van der Waals surface area contributed by atoms with E-state index in [4.69, 9.17) is 9.97 Å². The van der Waals surface area contributed by atoms with Crippen molar-refractivity contribution in [2.75, 3.05) is 4.90 Å². The van der Waals surface area contributed by atoms with Crippen LogP contribution in [0.2, 0.25) is 0 Å². The van der Waals surface area contributed by atoms with Gasteiger partial charge < -0.3 is 4.90 Å². The Hall–Kier alpha value is -6.84. The molecule has 0 bridgehead atoms. The number of nitrogens with zero attached hydrogens (tertiary/aromatic N) is 3. The zero-order valence-electron chi connectivity index (χ0n) is 27.7. The molecule has 0 unspecified atom stereocenters. The first-order chi connectivity index (χ1) is 25.3. The third kappa shape index (κ3) is 4.98. The molecule has 0 fully saturated rings. The normalized spacial score (nSPS) is 11.5. The van der Waals surface area contributed by atoms with Crippen LogP contribution in [0.15, 0.2) is 188 Å². The highest BCUT2D eigenvalue weighted by Crippen LogP contribution is 2.40. The molecule has 0 radical (unpaired) electrons. The largest absolute Gasteiger partial charge is 0.311 e. The summed E-state index contributed by atoms with van der Waals surface area (Å²) < 4.78 is 0. The maximum absolute atomic E-state index is 5.29. The Balaban J connectivity index is 1.14. The molecule has 8 aromatic carbocycles. The first-order valence-electron chi connectivity index (χ1n) is 17.3.